The second kappa shape index (κ2) is 7.39. The van der Waals surface area contributed by atoms with Crippen molar-refractivity contribution >= 4 is 39.2 Å². The Bertz CT molecular complexity index is 797. The van der Waals surface area contributed by atoms with E-state index in [0.717, 1.165) is 0 Å². The number of nitrogens with one attached hydrogen (secondary N) is 2. The minimum absolute atomic E-state index is 0.0483. The largest absolute Gasteiger partial charge is 0.345 e. The van der Waals surface area contributed by atoms with Gasteiger partial charge in [-0.15, -0.1) is 0 Å². The van der Waals surface area contributed by atoms with Crippen LogP contribution < -0.4 is 10.6 Å². The van der Waals surface area contributed by atoms with E-state index in [-0.39, 0.29) is 27.3 Å². The summed E-state index contributed by atoms with van der Waals surface area (Å²) in [6.07, 6.45) is 0. The number of anilines is 2. The Morgan fingerprint density at radius 2 is 1.58 bits per heavy atom. The zero-order valence-electron chi connectivity index (χ0n) is 12.9. The third-order valence-electron chi connectivity index (χ3n) is 3.10. The summed E-state index contributed by atoms with van der Waals surface area (Å²) >= 11 is 2.85. The SMILES string of the molecule is CN(C)C(=O)c1ccccc1NC(=O)Nc1ccc(Br)c(F)c1F. The Morgan fingerprint density at radius 1 is 0.958 bits per heavy atom. The minimum atomic E-state index is -1.18. The summed E-state index contributed by atoms with van der Waals surface area (Å²) in [5, 5.41) is 4.67. The van der Waals surface area contributed by atoms with Crippen molar-refractivity contribution in [3.8, 4) is 0 Å². The molecule has 126 valence electrons. The van der Waals surface area contributed by atoms with Gasteiger partial charge in [-0.1, -0.05) is 12.1 Å². The van der Waals surface area contributed by atoms with Crippen LogP contribution in [0.4, 0.5) is 25.0 Å². The van der Waals surface area contributed by atoms with Crippen LogP contribution in [0.3, 0.4) is 0 Å². The van der Waals surface area contributed by atoms with E-state index in [4.69, 9.17) is 0 Å². The smallest absolute Gasteiger partial charge is 0.323 e. The van der Waals surface area contributed by atoms with Gasteiger partial charge in [-0.25, -0.2) is 13.6 Å². The molecule has 0 spiro atoms. The van der Waals surface area contributed by atoms with Gasteiger partial charge in [0.15, 0.2) is 11.6 Å². The van der Waals surface area contributed by atoms with Crippen LogP contribution in [0, 0.1) is 11.6 Å². The molecule has 2 rings (SSSR count). The molecule has 0 saturated heterocycles. The lowest BCUT2D eigenvalue weighted by molar-refractivity contribution is 0.0828. The van der Waals surface area contributed by atoms with Crippen molar-refractivity contribution in [3.63, 3.8) is 0 Å². The van der Waals surface area contributed by atoms with Crippen molar-refractivity contribution in [1.29, 1.82) is 0 Å². The second-order valence-electron chi connectivity index (χ2n) is 5.05. The first-order valence-corrected chi connectivity index (χ1v) is 7.62. The van der Waals surface area contributed by atoms with Crippen LogP contribution in [0.5, 0.6) is 0 Å². The number of hydrogen-bond donors (Lipinski definition) is 2. The van der Waals surface area contributed by atoms with Gasteiger partial charge in [0.05, 0.1) is 21.4 Å². The summed E-state index contributed by atoms with van der Waals surface area (Å²) in [6.45, 7) is 0. The molecule has 0 atom stereocenters. The Balaban J connectivity index is 2.20. The highest BCUT2D eigenvalue weighted by Gasteiger charge is 2.17. The summed E-state index contributed by atoms with van der Waals surface area (Å²) in [7, 11) is 3.17. The molecule has 24 heavy (non-hydrogen) atoms. The number of urea groups is 1. The van der Waals surface area contributed by atoms with Crippen LogP contribution in [-0.4, -0.2) is 30.9 Å². The van der Waals surface area contributed by atoms with Crippen LogP contribution >= 0.6 is 15.9 Å². The first-order valence-electron chi connectivity index (χ1n) is 6.83. The average molecular weight is 398 g/mol. The third kappa shape index (κ3) is 3.88. The molecule has 0 saturated carbocycles. The van der Waals surface area contributed by atoms with E-state index in [1.54, 1.807) is 32.3 Å². The Hall–Kier alpha value is -2.48. The van der Waals surface area contributed by atoms with E-state index in [9.17, 15) is 18.4 Å². The maximum Gasteiger partial charge on any atom is 0.323 e. The number of hydrogen-bond acceptors (Lipinski definition) is 2. The van der Waals surface area contributed by atoms with Gasteiger partial charge in [-0.3, -0.25) is 4.79 Å². The molecule has 0 aromatic heterocycles. The van der Waals surface area contributed by atoms with Gasteiger partial charge in [0.2, 0.25) is 0 Å². The number of halogens is 3. The number of nitrogens with zero attached hydrogens (tertiary/aromatic N) is 1. The molecule has 0 fully saturated rings. The van der Waals surface area contributed by atoms with E-state index in [0.29, 0.717) is 0 Å². The zero-order valence-corrected chi connectivity index (χ0v) is 14.4. The molecular weight excluding hydrogens is 384 g/mol. The van der Waals surface area contributed by atoms with Gasteiger partial charge < -0.3 is 15.5 Å². The standard InChI is InChI=1S/C16H14BrF2N3O2/c1-22(2)15(23)9-5-3-4-6-11(9)20-16(24)21-12-8-7-10(17)13(18)14(12)19/h3-8H,1-2H3,(H2,20,21,24). The van der Waals surface area contributed by atoms with Gasteiger partial charge in [0.25, 0.3) is 5.91 Å². The summed E-state index contributed by atoms with van der Waals surface area (Å²) in [4.78, 5) is 25.5. The van der Waals surface area contributed by atoms with E-state index < -0.39 is 17.7 Å². The molecule has 0 bridgehead atoms. The topological polar surface area (TPSA) is 61.4 Å². The fraction of sp³-hybridized carbons (Fsp3) is 0.125. The molecule has 3 amide bonds. The number of amides is 3. The Labute approximate surface area is 145 Å². The predicted octanol–water partition coefficient (Wildman–Crippen LogP) is 4.07. The van der Waals surface area contributed by atoms with E-state index in [1.807, 2.05) is 0 Å². The summed E-state index contributed by atoms with van der Waals surface area (Å²) in [6, 6.07) is 8.09. The van der Waals surface area contributed by atoms with Crippen LogP contribution in [-0.2, 0) is 0 Å². The van der Waals surface area contributed by atoms with Gasteiger partial charge in [-0.05, 0) is 40.2 Å². The summed E-state index contributed by atoms with van der Waals surface area (Å²) in [5.41, 5.74) is 0.219. The highest BCUT2D eigenvalue weighted by atomic mass is 79.9. The van der Waals surface area contributed by atoms with E-state index >= 15 is 0 Å². The highest BCUT2D eigenvalue weighted by molar-refractivity contribution is 9.10. The quantitative estimate of drug-likeness (QED) is 0.766. The van der Waals surface area contributed by atoms with Gasteiger partial charge in [-0.2, -0.15) is 0 Å². The van der Waals surface area contributed by atoms with Gasteiger partial charge >= 0.3 is 6.03 Å². The van der Waals surface area contributed by atoms with Crippen LogP contribution in [0.15, 0.2) is 40.9 Å². The Kier molecular flexibility index (Phi) is 5.50. The monoisotopic (exact) mass is 397 g/mol. The first-order chi connectivity index (χ1) is 11.3. The van der Waals surface area contributed by atoms with Crippen molar-refractivity contribution in [3.05, 3.63) is 58.1 Å². The van der Waals surface area contributed by atoms with Crippen molar-refractivity contribution in [2.75, 3.05) is 24.7 Å². The van der Waals surface area contributed by atoms with Crippen molar-refractivity contribution in [2.45, 2.75) is 0 Å². The molecule has 0 aliphatic rings. The molecule has 0 aliphatic heterocycles. The molecule has 0 aliphatic carbocycles. The predicted molar refractivity (Wildman–Crippen MR) is 91.2 cm³/mol. The van der Waals surface area contributed by atoms with Crippen molar-refractivity contribution < 1.29 is 18.4 Å². The lowest BCUT2D eigenvalue weighted by atomic mass is 10.1. The normalized spacial score (nSPS) is 10.2. The average Bonchev–Trinajstić information content (AvgIpc) is 2.55. The maximum absolute atomic E-state index is 13.8. The molecule has 5 nitrogen and oxygen atoms in total. The number of benzene rings is 2. The number of carbonyl (C=O) groups is 2. The van der Waals surface area contributed by atoms with Crippen molar-refractivity contribution in [2.24, 2.45) is 0 Å². The third-order valence-corrected chi connectivity index (χ3v) is 3.71. The molecule has 2 aromatic rings. The van der Waals surface area contributed by atoms with Gasteiger partial charge in [0.1, 0.15) is 0 Å². The van der Waals surface area contributed by atoms with Crippen LogP contribution in [0.1, 0.15) is 10.4 Å². The van der Waals surface area contributed by atoms with Crippen LogP contribution in [0.2, 0.25) is 0 Å². The fourth-order valence-corrected chi connectivity index (χ4v) is 2.22. The minimum Gasteiger partial charge on any atom is -0.345 e. The Morgan fingerprint density at radius 3 is 2.25 bits per heavy atom. The van der Waals surface area contributed by atoms with E-state index in [2.05, 4.69) is 26.6 Å². The fourth-order valence-electron chi connectivity index (χ4n) is 1.92. The van der Waals surface area contributed by atoms with Crippen LogP contribution in [0.25, 0.3) is 0 Å². The number of carbonyl (C=O) groups excluding carboxylic acids is 2. The molecule has 8 heteroatoms. The first kappa shape index (κ1) is 17.9. The lowest BCUT2D eigenvalue weighted by Gasteiger charge is -2.15. The molecular formula is C16H14BrF2N3O2. The molecule has 2 aromatic carbocycles. The lowest BCUT2D eigenvalue weighted by Crippen LogP contribution is -2.26. The number of para-hydroxylation sites is 1. The molecule has 0 heterocycles. The highest BCUT2D eigenvalue weighted by Crippen LogP contribution is 2.24. The maximum atomic E-state index is 13.8. The summed E-state index contributed by atoms with van der Waals surface area (Å²) in [5.74, 6) is -2.58. The van der Waals surface area contributed by atoms with Gasteiger partial charge in [0, 0.05) is 14.1 Å². The van der Waals surface area contributed by atoms with E-state index in [1.165, 1.54) is 23.1 Å². The summed E-state index contributed by atoms with van der Waals surface area (Å²) < 4.78 is 27.2. The molecule has 0 unspecified atom stereocenters. The molecule has 2 N–H and O–H groups in total. The van der Waals surface area contributed by atoms with Crippen molar-refractivity contribution in [1.82, 2.24) is 4.90 Å². The number of rotatable bonds is 3. The molecule has 0 radical (unpaired) electrons. The zero-order chi connectivity index (χ0) is 17.9. The second-order valence-corrected chi connectivity index (χ2v) is 5.90.